The summed E-state index contributed by atoms with van der Waals surface area (Å²) in [6.07, 6.45) is 2.85. The Bertz CT molecular complexity index is 325. The van der Waals surface area contributed by atoms with Crippen LogP contribution in [0.15, 0.2) is 18.2 Å². The topological polar surface area (TPSA) is 20.2 Å². The molecular weight excluding hydrogens is 375 g/mol. The molecule has 0 atom stereocenters. The molecule has 0 amide bonds. The maximum Gasteiger partial charge on any atom is 0.118 e. The van der Waals surface area contributed by atoms with Gasteiger partial charge >= 0.3 is 0 Å². The summed E-state index contributed by atoms with van der Waals surface area (Å²) in [6, 6.07) is 10.1. The van der Waals surface area contributed by atoms with Crippen molar-refractivity contribution in [2.75, 3.05) is 0 Å². The molecule has 0 bridgehead atoms. The fourth-order valence-electron chi connectivity index (χ4n) is 1.75. The van der Waals surface area contributed by atoms with Crippen LogP contribution in [0.5, 0.6) is 5.75 Å². The Labute approximate surface area is 149 Å². The number of rotatable bonds is 5. The number of benzene rings is 1. The van der Waals surface area contributed by atoms with Gasteiger partial charge in [0.05, 0.1) is 0 Å². The Morgan fingerprint density at radius 2 is 1.63 bits per heavy atom. The molecule has 0 heterocycles. The van der Waals surface area contributed by atoms with E-state index in [-0.39, 0.29) is 44.4 Å². The number of aryl methyl sites for hydroxylation is 2. The number of phenols is 1. The van der Waals surface area contributed by atoms with Crippen LogP contribution in [-0.4, -0.2) is 13.9 Å². The summed E-state index contributed by atoms with van der Waals surface area (Å²) in [4.78, 5) is 0. The van der Waals surface area contributed by atoms with E-state index in [1.807, 2.05) is 26.0 Å². The number of unbranched alkanes of at least 4 members (excludes halogenated alkanes) is 1. The largest absolute Gasteiger partial charge is 0.508 e. The quantitative estimate of drug-likeness (QED) is 0.658. The van der Waals surface area contributed by atoms with E-state index in [4.69, 9.17) is 5.11 Å². The zero-order valence-electron chi connectivity index (χ0n) is 13.3. The summed E-state index contributed by atoms with van der Waals surface area (Å²) in [7, 11) is 0.114. The van der Waals surface area contributed by atoms with Crippen LogP contribution in [0.4, 0.5) is 0 Å². The van der Waals surface area contributed by atoms with Gasteiger partial charge in [0.15, 0.2) is 0 Å². The fraction of sp³-hybridized carbons (Fsp3) is 0.625. The maximum atomic E-state index is 9.10. The third-order valence-electron chi connectivity index (χ3n) is 3.25. The summed E-state index contributed by atoms with van der Waals surface area (Å²) in [5.74, 6) is 0.384. The molecule has 1 nitrogen and oxygen atoms in total. The van der Waals surface area contributed by atoms with E-state index < -0.39 is 0 Å². The van der Waals surface area contributed by atoms with Crippen molar-refractivity contribution in [3.05, 3.63) is 29.3 Å². The van der Waals surface area contributed by atoms with Gasteiger partial charge in [-0.3, -0.25) is 0 Å². The Kier molecular flexibility index (Phi) is 15.3. The summed E-state index contributed by atoms with van der Waals surface area (Å²) in [5.41, 5.74) is 2.03. The molecule has 19 heavy (non-hydrogen) atoms. The van der Waals surface area contributed by atoms with E-state index in [0.29, 0.717) is 5.75 Å². The average Bonchev–Trinajstić information content (AvgIpc) is 2.36. The first-order chi connectivity index (χ1) is 8.54. The molecule has 106 valence electrons. The molecule has 0 aliphatic carbocycles. The molecule has 0 aromatic heterocycles. The van der Waals surface area contributed by atoms with Crippen LogP contribution in [0.3, 0.4) is 0 Å². The second-order valence-electron chi connectivity index (χ2n) is 4.85. The SMILES string of the molecule is CCCC[Si](CC)CC.Cc1ccc(C)c(O)c1.[La]. The Hall–Kier alpha value is 0.432. The normalized spacial score (nSPS) is 9.58. The van der Waals surface area contributed by atoms with Crippen molar-refractivity contribution < 1.29 is 40.7 Å². The van der Waals surface area contributed by atoms with Crippen molar-refractivity contribution in [2.45, 2.75) is 65.6 Å². The zero-order chi connectivity index (χ0) is 14.0. The van der Waals surface area contributed by atoms with E-state index in [0.717, 1.165) is 11.1 Å². The Morgan fingerprint density at radius 3 is 2.00 bits per heavy atom. The van der Waals surface area contributed by atoms with Crippen LogP contribution in [0.25, 0.3) is 0 Å². The summed E-state index contributed by atoms with van der Waals surface area (Å²) < 4.78 is 0. The minimum absolute atomic E-state index is 0. The third kappa shape index (κ3) is 10.8. The molecular formula is C16H29LaOSi. The van der Waals surface area contributed by atoms with Crippen LogP contribution < -0.4 is 0 Å². The predicted molar refractivity (Wildman–Crippen MR) is 84.0 cm³/mol. The Balaban J connectivity index is 0. The molecule has 3 heteroatoms. The summed E-state index contributed by atoms with van der Waals surface area (Å²) in [5, 5.41) is 9.10. The third-order valence-corrected chi connectivity index (χ3v) is 6.31. The minimum Gasteiger partial charge on any atom is -0.508 e. The van der Waals surface area contributed by atoms with Crippen molar-refractivity contribution in [1.29, 1.82) is 0 Å². The van der Waals surface area contributed by atoms with Crippen LogP contribution >= 0.6 is 0 Å². The molecule has 0 saturated carbocycles. The van der Waals surface area contributed by atoms with E-state index in [9.17, 15) is 0 Å². The van der Waals surface area contributed by atoms with Crippen molar-refractivity contribution in [3.63, 3.8) is 0 Å². The standard InChI is InChI=1S/C8H10O.C8H19Si.La/c1-6-3-4-7(2)8(9)5-6;1-4-7-8-9(5-2)6-3;/h3-5,9H,1-2H3;4-8H2,1-3H3;. The van der Waals surface area contributed by atoms with Crippen LogP contribution in [0, 0.1) is 49.4 Å². The van der Waals surface area contributed by atoms with Crippen LogP contribution in [-0.2, 0) is 0 Å². The maximum absolute atomic E-state index is 9.10. The smallest absolute Gasteiger partial charge is 0.118 e. The van der Waals surface area contributed by atoms with Gasteiger partial charge in [0.1, 0.15) is 5.75 Å². The number of hydrogen-bond donors (Lipinski definition) is 1. The first-order valence-corrected chi connectivity index (χ1v) is 9.26. The molecule has 1 rings (SSSR count). The molecule has 0 unspecified atom stereocenters. The summed E-state index contributed by atoms with van der Waals surface area (Å²) in [6.45, 7) is 10.8. The predicted octanol–water partition coefficient (Wildman–Crippen LogP) is 5.33. The van der Waals surface area contributed by atoms with Gasteiger partial charge in [0.25, 0.3) is 0 Å². The number of hydrogen-bond acceptors (Lipinski definition) is 1. The number of aromatic hydroxyl groups is 1. The molecule has 2 radical (unpaired) electrons. The van der Waals surface area contributed by atoms with E-state index >= 15 is 0 Å². The van der Waals surface area contributed by atoms with Gasteiger partial charge in [-0.25, -0.2) is 0 Å². The molecule has 0 fully saturated rings. The minimum atomic E-state index is 0. The number of phenolic OH excluding ortho intramolecular Hbond substituents is 1. The second-order valence-corrected chi connectivity index (χ2v) is 8.26. The second kappa shape index (κ2) is 13.4. The molecule has 1 aromatic carbocycles. The average molecular weight is 404 g/mol. The van der Waals surface area contributed by atoms with Gasteiger partial charge < -0.3 is 5.11 Å². The Morgan fingerprint density at radius 1 is 1.05 bits per heavy atom. The van der Waals surface area contributed by atoms with Gasteiger partial charge in [0.2, 0.25) is 0 Å². The fourth-order valence-corrected chi connectivity index (χ4v) is 3.81. The van der Waals surface area contributed by atoms with E-state index in [1.54, 1.807) is 12.1 Å². The van der Waals surface area contributed by atoms with Crippen LogP contribution in [0.2, 0.25) is 18.1 Å². The van der Waals surface area contributed by atoms with E-state index in [2.05, 4.69) is 20.8 Å². The van der Waals surface area contributed by atoms with Crippen molar-refractivity contribution >= 4 is 8.80 Å². The molecule has 0 saturated heterocycles. The first-order valence-electron chi connectivity index (χ1n) is 7.14. The van der Waals surface area contributed by atoms with Crippen molar-refractivity contribution in [2.24, 2.45) is 0 Å². The molecule has 1 aromatic rings. The van der Waals surface area contributed by atoms with Crippen molar-refractivity contribution in [1.82, 2.24) is 0 Å². The molecule has 0 aliphatic heterocycles. The monoisotopic (exact) mass is 404 g/mol. The first kappa shape index (κ1) is 21.7. The van der Waals surface area contributed by atoms with Gasteiger partial charge in [-0.1, -0.05) is 63.9 Å². The zero-order valence-corrected chi connectivity index (χ0v) is 17.9. The van der Waals surface area contributed by atoms with Crippen LogP contribution in [0.1, 0.15) is 44.7 Å². The van der Waals surface area contributed by atoms with Crippen molar-refractivity contribution in [3.8, 4) is 5.75 Å². The van der Waals surface area contributed by atoms with Gasteiger partial charge in [-0.15, -0.1) is 0 Å². The van der Waals surface area contributed by atoms with Gasteiger partial charge in [-0.05, 0) is 31.0 Å². The van der Waals surface area contributed by atoms with Gasteiger partial charge in [0, 0.05) is 44.4 Å². The molecule has 1 N–H and O–H groups in total. The molecule has 0 aliphatic rings. The molecule has 0 spiro atoms. The van der Waals surface area contributed by atoms with E-state index in [1.165, 1.54) is 24.9 Å². The summed E-state index contributed by atoms with van der Waals surface area (Å²) >= 11 is 0. The van der Waals surface area contributed by atoms with Gasteiger partial charge in [-0.2, -0.15) is 0 Å².